The van der Waals surface area contributed by atoms with Gasteiger partial charge in [-0.05, 0) is 54.8 Å². The van der Waals surface area contributed by atoms with E-state index in [9.17, 15) is 0 Å². The smallest absolute Gasteiger partial charge is 0.125 e. The Morgan fingerprint density at radius 1 is 0.929 bits per heavy atom. The summed E-state index contributed by atoms with van der Waals surface area (Å²) in [6.45, 7) is 2.92. The van der Waals surface area contributed by atoms with E-state index in [4.69, 9.17) is 4.74 Å². The van der Waals surface area contributed by atoms with E-state index in [1.807, 2.05) is 0 Å². The number of nitrogens with one attached hydrogen (secondary N) is 1. The average Bonchev–Trinajstić information content (AvgIpc) is 3.15. The molecule has 0 amide bonds. The number of benzene rings is 3. The number of ether oxygens (including phenoxy) is 1. The highest BCUT2D eigenvalue weighted by atomic mass is 79.9. The molecule has 5 rings (SSSR count). The highest BCUT2D eigenvalue weighted by Crippen LogP contribution is 2.57. The van der Waals surface area contributed by atoms with Crippen molar-refractivity contribution in [3.05, 3.63) is 97.9 Å². The van der Waals surface area contributed by atoms with Crippen molar-refractivity contribution in [2.24, 2.45) is 5.92 Å². The molecule has 3 atom stereocenters. The molecule has 0 aliphatic carbocycles. The topological polar surface area (TPSA) is 21.3 Å². The third-order valence-electron chi connectivity index (χ3n) is 6.07. The van der Waals surface area contributed by atoms with Crippen molar-refractivity contribution >= 4 is 37.5 Å². The van der Waals surface area contributed by atoms with E-state index >= 15 is 0 Å². The van der Waals surface area contributed by atoms with Gasteiger partial charge in [0, 0.05) is 32.7 Å². The summed E-state index contributed by atoms with van der Waals surface area (Å²) in [5.41, 5.74) is 5.78. The maximum atomic E-state index is 6.66. The van der Waals surface area contributed by atoms with Crippen molar-refractivity contribution < 1.29 is 4.74 Å². The molecule has 2 heterocycles. The number of hydrogen-bond donors (Lipinski definition) is 1. The van der Waals surface area contributed by atoms with Crippen molar-refractivity contribution in [1.82, 2.24) is 0 Å². The number of rotatable bonds is 2. The highest BCUT2D eigenvalue weighted by Gasteiger charge is 2.54. The Kier molecular flexibility index (Phi) is 4.61. The fourth-order valence-electron chi connectivity index (χ4n) is 4.83. The van der Waals surface area contributed by atoms with E-state index in [0.717, 1.165) is 22.0 Å². The molecule has 0 saturated carbocycles. The standard InChI is InChI=1S/C24H21Br2NO/c1-15-2-11-22-21(14-15)24(17-5-9-19(26)10-6-17)20(12-13-28-24)23(27-22)16-3-7-18(25)8-4-16/h2-11,14,20,23,27H,12-13H2,1H3/t20-,23-,24-/m0/s1. The molecule has 3 aromatic rings. The number of anilines is 1. The normalized spacial score (nSPS) is 25.7. The fraction of sp³-hybridized carbons (Fsp3) is 0.250. The first-order valence-electron chi connectivity index (χ1n) is 9.61. The summed E-state index contributed by atoms with van der Waals surface area (Å²) in [4.78, 5) is 0. The molecular weight excluding hydrogens is 478 g/mol. The van der Waals surface area contributed by atoms with Crippen LogP contribution in [-0.4, -0.2) is 6.61 Å². The first kappa shape index (κ1) is 18.4. The van der Waals surface area contributed by atoms with E-state index in [0.29, 0.717) is 5.92 Å². The molecule has 1 N–H and O–H groups in total. The van der Waals surface area contributed by atoms with Crippen LogP contribution < -0.4 is 5.32 Å². The van der Waals surface area contributed by atoms with Crippen LogP contribution in [0.4, 0.5) is 5.69 Å². The van der Waals surface area contributed by atoms with Crippen molar-refractivity contribution in [1.29, 1.82) is 0 Å². The molecule has 142 valence electrons. The second kappa shape index (κ2) is 7.01. The lowest BCUT2D eigenvalue weighted by molar-refractivity contribution is 0.00202. The van der Waals surface area contributed by atoms with Gasteiger partial charge in [-0.15, -0.1) is 0 Å². The van der Waals surface area contributed by atoms with Crippen LogP contribution in [-0.2, 0) is 10.3 Å². The molecule has 2 aliphatic rings. The van der Waals surface area contributed by atoms with Crippen molar-refractivity contribution in [3.8, 4) is 0 Å². The van der Waals surface area contributed by atoms with Gasteiger partial charge < -0.3 is 10.1 Å². The molecule has 0 aromatic heterocycles. The second-order valence-corrected chi connectivity index (χ2v) is 9.54. The van der Waals surface area contributed by atoms with E-state index in [1.54, 1.807) is 0 Å². The predicted octanol–water partition coefficient (Wildman–Crippen LogP) is 6.97. The van der Waals surface area contributed by atoms with E-state index in [1.165, 1.54) is 27.9 Å². The molecule has 3 aromatic carbocycles. The summed E-state index contributed by atoms with van der Waals surface area (Å²) < 4.78 is 8.85. The van der Waals surface area contributed by atoms with Crippen LogP contribution in [0.15, 0.2) is 75.7 Å². The predicted molar refractivity (Wildman–Crippen MR) is 121 cm³/mol. The Bertz CT molecular complexity index is 1020. The molecule has 28 heavy (non-hydrogen) atoms. The van der Waals surface area contributed by atoms with Gasteiger partial charge in [0.05, 0.1) is 6.04 Å². The Balaban J connectivity index is 1.73. The highest BCUT2D eigenvalue weighted by molar-refractivity contribution is 9.10. The fourth-order valence-corrected chi connectivity index (χ4v) is 5.36. The summed E-state index contributed by atoms with van der Waals surface area (Å²) in [6.07, 6.45) is 1.02. The van der Waals surface area contributed by atoms with Crippen molar-refractivity contribution in [2.75, 3.05) is 11.9 Å². The molecule has 2 nitrogen and oxygen atoms in total. The van der Waals surface area contributed by atoms with E-state index in [-0.39, 0.29) is 6.04 Å². The quantitative estimate of drug-likeness (QED) is 0.412. The Morgan fingerprint density at radius 3 is 2.32 bits per heavy atom. The van der Waals surface area contributed by atoms with Gasteiger partial charge in [0.25, 0.3) is 0 Å². The van der Waals surface area contributed by atoms with Crippen LogP contribution in [0, 0.1) is 12.8 Å². The molecule has 0 spiro atoms. The van der Waals surface area contributed by atoms with Gasteiger partial charge in [0.15, 0.2) is 0 Å². The summed E-state index contributed by atoms with van der Waals surface area (Å²) in [5, 5.41) is 3.83. The minimum absolute atomic E-state index is 0.203. The Labute approximate surface area is 182 Å². The number of hydrogen-bond acceptors (Lipinski definition) is 2. The zero-order valence-electron chi connectivity index (χ0n) is 15.6. The molecule has 0 bridgehead atoms. The lowest BCUT2D eigenvalue weighted by Gasteiger charge is -2.46. The van der Waals surface area contributed by atoms with Crippen LogP contribution in [0.3, 0.4) is 0 Å². The first-order valence-corrected chi connectivity index (χ1v) is 11.2. The molecule has 1 saturated heterocycles. The third-order valence-corrected chi connectivity index (χ3v) is 7.13. The molecular formula is C24H21Br2NO. The van der Waals surface area contributed by atoms with Gasteiger partial charge >= 0.3 is 0 Å². The number of halogens is 2. The molecule has 4 heteroatoms. The molecule has 2 aliphatic heterocycles. The van der Waals surface area contributed by atoms with Crippen LogP contribution in [0.25, 0.3) is 0 Å². The summed E-state index contributed by atoms with van der Waals surface area (Å²) >= 11 is 7.14. The molecule has 0 unspecified atom stereocenters. The minimum Gasteiger partial charge on any atom is -0.377 e. The minimum atomic E-state index is -0.426. The first-order chi connectivity index (χ1) is 13.6. The Morgan fingerprint density at radius 2 is 1.61 bits per heavy atom. The third kappa shape index (κ3) is 2.85. The van der Waals surface area contributed by atoms with Crippen molar-refractivity contribution in [2.45, 2.75) is 25.0 Å². The lowest BCUT2D eigenvalue weighted by atomic mass is 9.68. The maximum Gasteiger partial charge on any atom is 0.125 e. The zero-order chi connectivity index (χ0) is 19.3. The van der Waals surface area contributed by atoms with Gasteiger partial charge in [-0.2, -0.15) is 0 Å². The average molecular weight is 499 g/mol. The second-order valence-electron chi connectivity index (χ2n) is 7.71. The van der Waals surface area contributed by atoms with E-state index < -0.39 is 5.60 Å². The summed E-state index contributed by atoms with van der Waals surface area (Å²) in [5.74, 6) is 0.323. The van der Waals surface area contributed by atoms with E-state index in [2.05, 4.69) is 111 Å². The van der Waals surface area contributed by atoms with Gasteiger partial charge in [0.1, 0.15) is 5.60 Å². The summed E-state index contributed by atoms with van der Waals surface area (Å²) in [6, 6.07) is 24.2. The number of aryl methyl sites for hydroxylation is 1. The van der Waals surface area contributed by atoms with Crippen molar-refractivity contribution in [3.63, 3.8) is 0 Å². The SMILES string of the molecule is Cc1ccc2c(c1)[C@@]1(c3ccc(Br)cc3)OCC[C@H]1[C@H](c1ccc(Br)cc1)N2. The maximum absolute atomic E-state index is 6.66. The zero-order valence-corrected chi connectivity index (χ0v) is 18.8. The van der Waals surface area contributed by atoms with Crippen LogP contribution in [0.1, 0.15) is 34.7 Å². The van der Waals surface area contributed by atoms with Gasteiger partial charge in [-0.3, -0.25) is 0 Å². The Hall–Kier alpha value is -1.62. The van der Waals surface area contributed by atoms with Crippen LogP contribution in [0.5, 0.6) is 0 Å². The van der Waals surface area contributed by atoms with Gasteiger partial charge in [-0.1, -0.05) is 73.8 Å². The molecule has 0 radical (unpaired) electrons. The van der Waals surface area contributed by atoms with Crippen LogP contribution in [0.2, 0.25) is 0 Å². The van der Waals surface area contributed by atoms with Gasteiger partial charge in [-0.25, -0.2) is 0 Å². The van der Waals surface area contributed by atoms with Crippen LogP contribution >= 0.6 is 31.9 Å². The molecule has 1 fully saturated rings. The number of fused-ring (bicyclic) bond motifs is 3. The van der Waals surface area contributed by atoms with Gasteiger partial charge in [0.2, 0.25) is 0 Å². The lowest BCUT2D eigenvalue weighted by Crippen LogP contribution is -2.43. The monoisotopic (exact) mass is 497 g/mol. The summed E-state index contributed by atoms with van der Waals surface area (Å²) in [7, 11) is 0. The largest absolute Gasteiger partial charge is 0.377 e.